The van der Waals surface area contributed by atoms with Crippen LogP contribution in [0.2, 0.25) is 0 Å². The van der Waals surface area contributed by atoms with Crippen LogP contribution in [0.5, 0.6) is 11.5 Å². The number of nitrogens with two attached hydrogens (primary N) is 1. The van der Waals surface area contributed by atoms with Gasteiger partial charge in [0.2, 0.25) is 0 Å². The molecular formula is C16H23F3IN3O2. The third kappa shape index (κ3) is 7.17. The molecular weight excluding hydrogens is 450 g/mol. The van der Waals surface area contributed by atoms with Crippen LogP contribution in [-0.2, 0) is 6.54 Å². The number of hydrogen-bond donors (Lipinski definition) is 1. The number of nitrogens with zero attached hydrogens (tertiary/aromatic N) is 2. The number of likely N-dealkylation sites (tertiary alicyclic amines) is 1. The largest absolute Gasteiger partial charge is 0.493 e. The van der Waals surface area contributed by atoms with Crippen LogP contribution in [0.1, 0.15) is 24.8 Å². The maximum atomic E-state index is 12.2. The smallest absolute Gasteiger partial charge is 0.422 e. The Bertz CT molecular complexity index is 576. The Kier molecular flexibility index (Phi) is 8.60. The Morgan fingerprint density at radius 3 is 2.48 bits per heavy atom. The summed E-state index contributed by atoms with van der Waals surface area (Å²) < 4.78 is 46.6. The highest BCUT2D eigenvalue weighted by Crippen LogP contribution is 2.30. The van der Waals surface area contributed by atoms with E-state index < -0.39 is 12.8 Å². The van der Waals surface area contributed by atoms with Crippen LogP contribution in [0.4, 0.5) is 13.2 Å². The van der Waals surface area contributed by atoms with E-state index in [9.17, 15) is 13.2 Å². The maximum Gasteiger partial charge on any atom is 0.422 e. The molecule has 0 aliphatic carbocycles. The molecule has 0 saturated carbocycles. The zero-order chi connectivity index (χ0) is 17.6. The Morgan fingerprint density at radius 2 is 1.88 bits per heavy atom. The summed E-state index contributed by atoms with van der Waals surface area (Å²) in [6.45, 7) is 0.784. The predicted octanol–water partition coefficient (Wildman–Crippen LogP) is 3.55. The summed E-state index contributed by atoms with van der Waals surface area (Å²) in [5.41, 5.74) is 6.77. The number of ether oxygens (including phenoxy) is 2. The molecule has 5 nitrogen and oxygen atoms in total. The van der Waals surface area contributed by atoms with Gasteiger partial charge in [-0.3, -0.25) is 0 Å². The minimum absolute atomic E-state index is 0. The van der Waals surface area contributed by atoms with Crippen LogP contribution >= 0.6 is 24.0 Å². The zero-order valence-electron chi connectivity index (χ0n) is 14.0. The molecule has 1 heterocycles. The van der Waals surface area contributed by atoms with Crippen molar-refractivity contribution in [2.45, 2.75) is 32.0 Å². The van der Waals surface area contributed by atoms with Crippen molar-refractivity contribution >= 4 is 29.9 Å². The molecule has 2 rings (SSSR count). The minimum atomic E-state index is -4.39. The first kappa shape index (κ1) is 21.7. The third-order valence-electron chi connectivity index (χ3n) is 3.72. The van der Waals surface area contributed by atoms with E-state index >= 15 is 0 Å². The summed E-state index contributed by atoms with van der Waals surface area (Å²) >= 11 is 0. The first-order valence-electron chi connectivity index (χ1n) is 7.80. The van der Waals surface area contributed by atoms with Gasteiger partial charge in [-0.2, -0.15) is 13.2 Å². The molecule has 1 fully saturated rings. The molecule has 1 aromatic rings. The Balaban J connectivity index is 0.00000312. The fourth-order valence-electron chi connectivity index (χ4n) is 2.48. The second kappa shape index (κ2) is 9.93. The van der Waals surface area contributed by atoms with Crippen molar-refractivity contribution in [1.82, 2.24) is 4.90 Å². The lowest BCUT2D eigenvalue weighted by atomic mass is 10.1. The molecule has 9 heteroatoms. The molecule has 0 amide bonds. The molecule has 0 unspecified atom stereocenters. The molecule has 1 aliphatic heterocycles. The molecule has 0 atom stereocenters. The summed E-state index contributed by atoms with van der Waals surface area (Å²) in [5.74, 6) is 0.779. The van der Waals surface area contributed by atoms with Crippen molar-refractivity contribution in [3.05, 3.63) is 23.8 Å². The highest BCUT2D eigenvalue weighted by molar-refractivity contribution is 14.0. The minimum Gasteiger partial charge on any atom is -0.493 e. The van der Waals surface area contributed by atoms with Gasteiger partial charge >= 0.3 is 6.18 Å². The van der Waals surface area contributed by atoms with Crippen LogP contribution < -0.4 is 15.2 Å². The fraction of sp³-hybridized carbons (Fsp3) is 0.562. The number of guanidine groups is 1. The van der Waals surface area contributed by atoms with E-state index in [1.807, 2.05) is 4.90 Å². The predicted molar refractivity (Wildman–Crippen MR) is 101 cm³/mol. The van der Waals surface area contributed by atoms with Gasteiger partial charge in [-0.25, -0.2) is 4.99 Å². The zero-order valence-corrected chi connectivity index (χ0v) is 16.3. The number of rotatable bonds is 5. The molecule has 142 valence electrons. The molecule has 0 bridgehead atoms. The number of aliphatic imine (C=N–C) groups is 1. The lowest BCUT2D eigenvalue weighted by molar-refractivity contribution is -0.153. The fourth-order valence-corrected chi connectivity index (χ4v) is 2.48. The summed E-state index contributed by atoms with van der Waals surface area (Å²) in [6.07, 6.45) is -0.970. The van der Waals surface area contributed by atoms with Gasteiger partial charge < -0.3 is 20.1 Å². The number of piperidine rings is 1. The van der Waals surface area contributed by atoms with Crippen molar-refractivity contribution in [2.75, 3.05) is 26.8 Å². The summed E-state index contributed by atoms with van der Waals surface area (Å²) in [4.78, 5) is 6.40. The monoisotopic (exact) mass is 473 g/mol. The van der Waals surface area contributed by atoms with Crippen molar-refractivity contribution in [1.29, 1.82) is 0 Å². The molecule has 0 aromatic heterocycles. The average Bonchev–Trinajstić information content (AvgIpc) is 2.58. The first-order valence-corrected chi connectivity index (χ1v) is 7.80. The van der Waals surface area contributed by atoms with E-state index in [1.165, 1.54) is 19.6 Å². The topological polar surface area (TPSA) is 60.1 Å². The standard InChI is InChI=1S/C16H22F3N3O2.HI/c1-23-14-9-12(5-6-13(14)24-11-16(17,18)19)10-21-15(20)22-7-3-2-4-8-22;/h5-6,9H,2-4,7-8,10-11H2,1H3,(H2,20,21);1H. The van der Waals surface area contributed by atoms with Crippen LogP contribution in [0.25, 0.3) is 0 Å². The van der Waals surface area contributed by atoms with E-state index in [0.29, 0.717) is 12.5 Å². The molecule has 25 heavy (non-hydrogen) atoms. The SMILES string of the molecule is COc1cc(CN=C(N)N2CCCCC2)ccc1OCC(F)(F)F.I. The van der Waals surface area contributed by atoms with Gasteiger partial charge in [-0.15, -0.1) is 24.0 Å². The first-order chi connectivity index (χ1) is 11.4. The number of alkyl halides is 3. The van der Waals surface area contributed by atoms with Crippen molar-refractivity contribution in [2.24, 2.45) is 10.7 Å². The lowest BCUT2D eigenvalue weighted by Crippen LogP contribution is -2.40. The Hall–Kier alpha value is -1.39. The van der Waals surface area contributed by atoms with Gasteiger partial charge in [0, 0.05) is 13.1 Å². The maximum absolute atomic E-state index is 12.2. The summed E-state index contributed by atoms with van der Waals surface area (Å²) in [5, 5.41) is 0. The molecule has 0 spiro atoms. The van der Waals surface area contributed by atoms with Gasteiger partial charge in [0.25, 0.3) is 0 Å². The average molecular weight is 473 g/mol. The normalized spacial score (nSPS) is 15.5. The van der Waals surface area contributed by atoms with Gasteiger partial charge in [0.15, 0.2) is 24.1 Å². The second-order valence-electron chi connectivity index (χ2n) is 5.61. The number of halogens is 4. The Morgan fingerprint density at radius 1 is 1.20 bits per heavy atom. The van der Waals surface area contributed by atoms with Gasteiger partial charge in [0.1, 0.15) is 0 Å². The van der Waals surface area contributed by atoms with Crippen LogP contribution in [0.3, 0.4) is 0 Å². The van der Waals surface area contributed by atoms with Gasteiger partial charge in [0.05, 0.1) is 13.7 Å². The highest BCUT2D eigenvalue weighted by Gasteiger charge is 2.29. The number of benzene rings is 1. The van der Waals surface area contributed by atoms with Crippen molar-refractivity contribution in [3.63, 3.8) is 0 Å². The van der Waals surface area contributed by atoms with Crippen molar-refractivity contribution in [3.8, 4) is 11.5 Å². The summed E-state index contributed by atoms with van der Waals surface area (Å²) in [6, 6.07) is 4.71. The third-order valence-corrected chi connectivity index (χ3v) is 3.72. The van der Waals surface area contributed by atoms with E-state index in [4.69, 9.17) is 15.2 Å². The lowest BCUT2D eigenvalue weighted by Gasteiger charge is -2.27. The van der Waals surface area contributed by atoms with E-state index in [1.54, 1.807) is 12.1 Å². The van der Waals surface area contributed by atoms with Gasteiger partial charge in [-0.05, 0) is 37.0 Å². The van der Waals surface area contributed by atoms with Crippen molar-refractivity contribution < 1.29 is 22.6 Å². The molecule has 1 aliphatic rings. The summed E-state index contributed by atoms with van der Waals surface area (Å²) in [7, 11) is 1.38. The Labute approximate surface area is 162 Å². The van der Waals surface area contributed by atoms with Crippen LogP contribution in [0, 0.1) is 0 Å². The molecule has 2 N–H and O–H groups in total. The number of hydrogen-bond acceptors (Lipinski definition) is 3. The van der Waals surface area contributed by atoms with E-state index in [2.05, 4.69) is 4.99 Å². The van der Waals surface area contributed by atoms with Crippen LogP contribution in [0.15, 0.2) is 23.2 Å². The van der Waals surface area contributed by atoms with Crippen LogP contribution in [-0.4, -0.2) is 43.8 Å². The van der Waals surface area contributed by atoms with E-state index in [-0.39, 0.29) is 35.5 Å². The van der Waals surface area contributed by atoms with E-state index in [0.717, 1.165) is 31.5 Å². The molecule has 1 aromatic carbocycles. The molecule has 0 radical (unpaired) electrons. The number of methoxy groups -OCH3 is 1. The quantitative estimate of drug-likeness (QED) is 0.404. The van der Waals surface area contributed by atoms with Gasteiger partial charge in [-0.1, -0.05) is 6.07 Å². The molecule has 1 saturated heterocycles. The second-order valence-corrected chi connectivity index (χ2v) is 5.61. The highest BCUT2D eigenvalue weighted by atomic mass is 127.